The first kappa shape index (κ1) is 20.3. The van der Waals surface area contributed by atoms with Crippen LogP contribution in [-0.2, 0) is 4.79 Å². The molecule has 3 aromatic rings. The maximum absolute atomic E-state index is 13.0. The number of carbonyl (C=O) groups is 2. The fourth-order valence-electron chi connectivity index (χ4n) is 2.95. The van der Waals surface area contributed by atoms with Crippen molar-refractivity contribution in [1.82, 2.24) is 5.32 Å². The smallest absolute Gasteiger partial charge is 0.251 e. The molecule has 2 amide bonds. The van der Waals surface area contributed by atoms with Crippen molar-refractivity contribution in [2.24, 2.45) is 5.92 Å². The average molecular weight is 390 g/mol. The molecule has 3 aromatic carbocycles. The van der Waals surface area contributed by atoms with E-state index >= 15 is 0 Å². The Morgan fingerprint density at radius 2 is 1.69 bits per heavy atom. The Balaban J connectivity index is 1.49. The van der Waals surface area contributed by atoms with E-state index in [9.17, 15) is 14.0 Å². The summed E-state index contributed by atoms with van der Waals surface area (Å²) in [5.41, 5.74) is 1.83. The third kappa shape index (κ3) is 5.29. The van der Waals surface area contributed by atoms with Gasteiger partial charge >= 0.3 is 0 Å². The summed E-state index contributed by atoms with van der Waals surface area (Å²) in [6.45, 7) is 6.11. The molecule has 0 radical (unpaired) electrons. The number of carbonyl (C=O) groups excluding carboxylic acids is 2. The van der Waals surface area contributed by atoms with Crippen LogP contribution in [0.15, 0.2) is 78.9 Å². The van der Waals surface area contributed by atoms with Crippen molar-refractivity contribution in [3.05, 3.63) is 90.3 Å². The predicted molar refractivity (Wildman–Crippen MR) is 114 cm³/mol. The first-order chi connectivity index (χ1) is 13.9. The van der Waals surface area contributed by atoms with Gasteiger partial charge in [0.2, 0.25) is 5.91 Å². The fraction of sp³-hybridized carbons (Fsp3) is 0.167. The monoisotopic (exact) mass is 390 g/mol. The van der Waals surface area contributed by atoms with Gasteiger partial charge in [0, 0.05) is 17.8 Å². The van der Waals surface area contributed by atoms with Crippen LogP contribution in [0.2, 0.25) is 0 Å². The van der Waals surface area contributed by atoms with Crippen LogP contribution in [0.4, 0.5) is 10.1 Å². The number of fused-ring (bicyclic) bond motifs is 1. The summed E-state index contributed by atoms with van der Waals surface area (Å²) in [5.74, 6) is -1.17. The molecule has 1 atom stereocenters. The van der Waals surface area contributed by atoms with Crippen LogP contribution < -0.4 is 10.6 Å². The number of amides is 2. The third-order valence-electron chi connectivity index (χ3n) is 4.86. The molecular weight excluding hydrogens is 367 g/mol. The van der Waals surface area contributed by atoms with Crippen LogP contribution >= 0.6 is 0 Å². The highest BCUT2D eigenvalue weighted by Crippen LogP contribution is 2.17. The molecule has 0 spiro atoms. The van der Waals surface area contributed by atoms with Gasteiger partial charge in [-0.25, -0.2) is 4.39 Å². The Kier molecular flexibility index (Phi) is 6.39. The van der Waals surface area contributed by atoms with Crippen molar-refractivity contribution < 1.29 is 14.0 Å². The van der Waals surface area contributed by atoms with Crippen LogP contribution in [-0.4, -0.2) is 18.4 Å². The van der Waals surface area contributed by atoms with Crippen molar-refractivity contribution in [2.75, 3.05) is 11.9 Å². The van der Waals surface area contributed by atoms with E-state index in [1.807, 2.05) is 36.4 Å². The summed E-state index contributed by atoms with van der Waals surface area (Å²) in [5, 5.41) is 7.70. The van der Waals surface area contributed by atoms with E-state index in [0.29, 0.717) is 29.8 Å². The van der Waals surface area contributed by atoms with Crippen LogP contribution in [0.25, 0.3) is 10.8 Å². The summed E-state index contributed by atoms with van der Waals surface area (Å²) in [4.78, 5) is 24.7. The minimum atomic E-state index is -0.433. The normalized spacial score (nSPS) is 11.7. The van der Waals surface area contributed by atoms with Crippen molar-refractivity contribution in [2.45, 2.75) is 13.3 Å². The molecule has 3 rings (SSSR count). The highest BCUT2D eigenvalue weighted by molar-refractivity contribution is 5.98. The van der Waals surface area contributed by atoms with Gasteiger partial charge in [0.25, 0.3) is 5.91 Å². The molecule has 0 saturated heterocycles. The number of hydrogen-bond donors (Lipinski definition) is 2. The lowest BCUT2D eigenvalue weighted by atomic mass is 9.98. The first-order valence-corrected chi connectivity index (χ1v) is 9.45. The van der Waals surface area contributed by atoms with Gasteiger partial charge in [-0.3, -0.25) is 9.59 Å². The van der Waals surface area contributed by atoms with Gasteiger partial charge in [-0.1, -0.05) is 42.5 Å². The molecular formula is C24H23FN2O2. The Hall–Kier alpha value is -3.47. The zero-order valence-electron chi connectivity index (χ0n) is 16.2. The van der Waals surface area contributed by atoms with Gasteiger partial charge in [0.05, 0.1) is 5.92 Å². The molecule has 0 fully saturated rings. The second-order valence-corrected chi connectivity index (χ2v) is 6.94. The summed E-state index contributed by atoms with van der Waals surface area (Å²) in [6.07, 6.45) is 0.483. The van der Waals surface area contributed by atoms with Gasteiger partial charge < -0.3 is 10.6 Å². The van der Waals surface area contributed by atoms with E-state index in [1.54, 1.807) is 13.0 Å². The van der Waals surface area contributed by atoms with Gasteiger partial charge in [-0.15, -0.1) is 0 Å². The standard InChI is InChI=1S/C24H23FN2O2/c1-16(17(2)23(28)27-22-11-9-21(25)10-12-22)13-14-26-24(29)20-8-7-18-5-3-4-6-19(18)15-20/h3-12,15,17H,1,13-14H2,2H3,(H,26,29)(H,27,28)/t17-/m0/s1. The minimum absolute atomic E-state index is 0.160. The van der Waals surface area contributed by atoms with Crippen molar-refractivity contribution in [3.8, 4) is 0 Å². The molecule has 2 N–H and O–H groups in total. The molecule has 0 aliphatic heterocycles. The van der Waals surface area contributed by atoms with Gasteiger partial charge in [0.1, 0.15) is 5.82 Å². The molecule has 0 aliphatic carbocycles. The fourth-order valence-corrected chi connectivity index (χ4v) is 2.95. The average Bonchev–Trinajstić information content (AvgIpc) is 2.74. The maximum atomic E-state index is 13.0. The zero-order valence-corrected chi connectivity index (χ0v) is 16.2. The molecule has 0 bridgehead atoms. The number of benzene rings is 3. The number of rotatable bonds is 7. The van der Waals surface area contributed by atoms with Gasteiger partial charge in [0.15, 0.2) is 0 Å². The van der Waals surface area contributed by atoms with E-state index in [2.05, 4.69) is 17.2 Å². The molecule has 5 heteroatoms. The molecule has 0 saturated carbocycles. The Labute approximate surface area is 169 Å². The van der Waals surface area contributed by atoms with Crippen LogP contribution in [0.3, 0.4) is 0 Å². The lowest BCUT2D eigenvalue weighted by Gasteiger charge is -2.15. The van der Waals surface area contributed by atoms with E-state index in [1.165, 1.54) is 24.3 Å². The summed E-state index contributed by atoms with van der Waals surface area (Å²) in [6, 6.07) is 19.0. The quantitative estimate of drug-likeness (QED) is 0.562. The highest BCUT2D eigenvalue weighted by atomic mass is 19.1. The van der Waals surface area contributed by atoms with Crippen molar-refractivity contribution in [3.63, 3.8) is 0 Å². The summed E-state index contributed by atoms with van der Waals surface area (Å²) in [7, 11) is 0. The first-order valence-electron chi connectivity index (χ1n) is 9.45. The third-order valence-corrected chi connectivity index (χ3v) is 4.86. The number of halogens is 1. The second-order valence-electron chi connectivity index (χ2n) is 6.94. The minimum Gasteiger partial charge on any atom is -0.352 e. The zero-order chi connectivity index (χ0) is 20.8. The Morgan fingerprint density at radius 3 is 2.41 bits per heavy atom. The SMILES string of the molecule is C=C(CCNC(=O)c1ccc2ccccc2c1)[C@H](C)C(=O)Nc1ccc(F)cc1. The molecule has 0 heterocycles. The molecule has 0 aliphatic rings. The van der Waals surface area contributed by atoms with Crippen LogP contribution in [0.1, 0.15) is 23.7 Å². The predicted octanol–water partition coefficient (Wildman–Crippen LogP) is 4.93. The largest absolute Gasteiger partial charge is 0.352 e. The van der Waals surface area contributed by atoms with E-state index < -0.39 is 5.92 Å². The lowest BCUT2D eigenvalue weighted by molar-refractivity contribution is -0.118. The molecule has 0 aromatic heterocycles. The van der Waals surface area contributed by atoms with Crippen LogP contribution in [0, 0.1) is 11.7 Å². The van der Waals surface area contributed by atoms with Crippen molar-refractivity contribution in [1.29, 1.82) is 0 Å². The highest BCUT2D eigenvalue weighted by Gasteiger charge is 2.16. The molecule has 4 nitrogen and oxygen atoms in total. The summed E-state index contributed by atoms with van der Waals surface area (Å²) >= 11 is 0. The van der Waals surface area contributed by atoms with E-state index in [-0.39, 0.29) is 17.6 Å². The number of anilines is 1. The van der Waals surface area contributed by atoms with Gasteiger partial charge in [-0.05, 0) is 60.5 Å². The molecule has 148 valence electrons. The number of nitrogens with one attached hydrogen (secondary N) is 2. The van der Waals surface area contributed by atoms with E-state index in [4.69, 9.17) is 0 Å². The van der Waals surface area contributed by atoms with E-state index in [0.717, 1.165) is 10.8 Å². The van der Waals surface area contributed by atoms with Gasteiger partial charge in [-0.2, -0.15) is 0 Å². The van der Waals surface area contributed by atoms with Crippen molar-refractivity contribution >= 4 is 28.3 Å². The number of hydrogen-bond acceptors (Lipinski definition) is 2. The topological polar surface area (TPSA) is 58.2 Å². The maximum Gasteiger partial charge on any atom is 0.251 e. The van der Waals surface area contributed by atoms with Crippen LogP contribution in [0.5, 0.6) is 0 Å². The second kappa shape index (κ2) is 9.15. The summed E-state index contributed by atoms with van der Waals surface area (Å²) < 4.78 is 13.0. The Bertz CT molecular complexity index is 1040. The Morgan fingerprint density at radius 1 is 1.00 bits per heavy atom. The lowest BCUT2D eigenvalue weighted by Crippen LogP contribution is -2.27. The molecule has 29 heavy (non-hydrogen) atoms. The molecule has 0 unspecified atom stereocenters.